The number of rotatable bonds is 7. The number of hydrogen-bond acceptors (Lipinski definition) is 4. The Morgan fingerprint density at radius 1 is 1.21 bits per heavy atom. The topological polar surface area (TPSA) is 81.8 Å². The van der Waals surface area contributed by atoms with Crippen molar-refractivity contribution >= 4 is 29.2 Å². The molecule has 0 radical (unpaired) electrons. The summed E-state index contributed by atoms with van der Waals surface area (Å²) in [5, 5.41) is 9.85. The lowest BCUT2D eigenvalue weighted by Crippen LogP contribution is -2.32. The highest BCUT2D eigenvalue weighted by molar-refractivity contribution is 6.35. The van der Waals surface area contributed by atoms with Crippen LogP contribution < -0.4 is 15.2 Å². The van der Waals surface area contributed by atoms with E-state index in [1.54, 1.807) is 37.4 Å². The number of hydrogen-bond donors (Lipinski definition) is 2. The molecule has 7 heteroatoms. The van der Waals surface area contributed by atoms with E-state index in [0.29, 0.717) is 21.5 Å². The third-order valence-electron chi connectivity index (χ3n) is 3.39. The fraction of sp³-hybridized carbons (Fsp3) is 0.235. The number of ether oxygens (including phenoxy) is 2. The molecule has 5 nitrogen and oxygen atoms in total. The van der Waals surface area contributed by atoms with Gasteiger partial charge in [-0.15, -0.1) is 0 Å². The van der Waals surface area contributed by atoms with E-state index in [2.05, 4.69) is 0 Å². The SMILES string of the molecule is COc1ccc(CC(N)C(=O)O)cc1COc1ccc(Cl)cc1Cl. The van der Waals surface area contributed by atoms with Crippen LogP contribution in [-0.4, -0.2) is 24.2 Å². The van der Waals surface area contributed by atoms with Crippen molar-refractivity contribution in [2.75, 3.05) is 7.11 Å². The Labute approximate surface area is 149 Å². The van der Waals surface area contributed by atoms with Crippen molar-refractivity contribution in [2.24, 2.45) is 5.73 Å². The van der Waals surface area contributed by atoms with E-state index in [0.717, 1.165) is 11.1 Å². The van der Waals surface area contributed by atoms with Crippen molar-refractivity contribution in [3.8, 4) is 11.5 Å². The molecule has 0 heterocycles. The van der Waals surface area contributed by atoms with Gasteiger partial charge in [0.15, 0.2) is 0 Å². The summed E-state index contributed by atoms with van der Waals surface area (Å²) in [6.07, 6.45) is 0.216. The number of carbonyl (C=O) groups is 1. The number of carboxylic acids is 1. The highest BCUT2D eigenvalue weighted by atomic mass is 35.5. The molecule has 1 atom stereocenters. The van der Waals surface area contributed by atoms with Gasteiger partial charge >= 0.3 is 5.97 Å². The lowest BCUT2D eigenvalue weighted by molar-refractivity contribution is -0.138. The molecule has 2 rings (SSSR count). The summed E-state index contributed by atoms with van der Waals surface area (Å²) in [4.78, 5) is 10.9. The number of benzene rings is 2. The highest BCUT2D eigenvalue weighted by Crippen LogP contribution is 2.29. The average Bonchev–Trinajstić information content (AvgIpc) is 2.54. The third-order valence-corrected chi connectivity index (χ3v) is 3.93. The summed E-state index contributed by atoms with van der Waals surface area (Å²) in [6.45, 7) is 0.209. The summed E-state index contributed by atoms with van der Waals surface area (Å²) in [5.41, 5.74) is 7.12. The molecule has 0 saturated carbocycles. The zero-order valence-electron chi connectivity index (χ0n) is 13.0. The van der Waals surface area contributed by atoms with Crippen LogP contribution in [-0.2, 0) is 17.8 Å². The van der Waals surface area contributed by atoms with Crippen molar-refractivity contribution in [1.29, 1.82) is 0 Å². The van der Waals surface area contributed by atoms with Crippen molar-refractivity contribution in [1.82, 2.24) is 0 Å². The molecule has 2 aromatic carbocycles. The zero-order chi connectivity index (χ0) is 17.7. The number of halogens is 2. The van der Waals surface area contributed by atoms with Gasteiger partial charge in [-0.2, -0.15) is 0 Å². The van der Waals surface area contributed by atoms with Crippen molar-refractivity contribution in [2.45, 2.75) is 19.1 Å². The predicted octanol–water partition coefficient (Wildman–Crippen LogP) is 3.54. The number of nitrogens with two attached hydrogens (primary N) is 1. The fourth-order valence-corrected chi connectivity index (χ4v) is 2.62. The van der Waals surface area contributed by atoms with Gasteiger partial charge in [-0.3, -0.25) is 4.79 Å². The molecule has 1 unspecified atom stereocenters. The Morgan fingerprint density at radius 2 is 1.92 bits per heavy atom. The van der Waals surface area contributed by atoms with Gasteiger partial charge in [0.2, 0.25) is 0 Å². The van der Waals surface area contributed by atoms with Crippen LogP contribution in [0.2, 0.25) is 10.0 Å². The molecule has 0 spiro atoms. The Hall–Kier alpha value is -1.95. The predicted molar refractivity (Wildman–Crippen MR) is 93.1 cm³/mol. The van der Waals surface area contributed by atoms with Gasteiger partial charge in [0.05, 0.1) is 12.1 Å². The summed E-state index contributed by atoms with van der Waals surface area (Å²) in [6, 6.07) is 9.34. The normalized spacial score (nSPS) is 11.8. The van der Waals surface area contributed by atoms with Crippen LogP contribution in [0.25, 0.3) is 0 Å². The molecule has 0 amide bonds. The van der Waals surface area contributed by atoms with E-state index in [-0.39, 0.29) is 13.0 Å². The summed E-state index contributed by atoms with van der Waals surface area (Å²) in [7, 11) is 1.55. The number of aliphatic carboxylic acids is 1. The van der Waals surface area contributed by atoms with Crippen LogP contribution in [0, 0.1) is 0 Å². The van der Waals surface area contributed by atoms with Crippen molar-refractivity contribution in [3.05, 3.63) is 57.6 Å². The van der Waals surface area contributed by atoms with Crippen LogP contribution >= 0.6 is 23.2 Å². The minimum absolute atomic E-state index is 0.209. The van der Waals surface area contributed by atoms with Crippen LogP contribution in [0.15, 0.2) is 36.4 Å². The smallest absolute Gasteiger partial charge is 0.320 e. The minimum Gasteiger partial charge on any atom is -0.496 e. The monoisotopic (exact) mass is 369 g/mol. The standard InChI is InChI=1S/C17H17Cl2NO4/c1-23-15-4-2-10(7-14(20)17(21)22)6-11(15)9-24-16-5-3-12(18)8-13(16)19/h2-6,8,14H,7,9,20H2,1H3,(H,21,22). The first-order valence-corrected chi connectivity index (χ1v) is 7.88. The Balaban J connectivity index is 2.16. The fourth-order valence-electron chi connectivity index (χ4n) is 2.16. The van der Waals surface area contributed by atoms with E-state index in [4.69, 9.17) is 43.5 Å². The van der Waals surface area contributed by atoms with Gasteiger partial charge in [-0.25, -0.2) is 0 Å². The molecular weight excluding hydrogens is 353 g/mol. The van der Waals surface area contributed by atoms with Crippen molar-refractivity contribution < 1.29 is 19.4 Å². The Bertz CT molecular complexity index is 737. The van der Waals surface area contributed by atoms with Gasteiger partial charge in [0.1, 0.15) is 24.1 Å². The zero-order valence-corrected chi connectivity index (χ0v) is 14.5. The molecule has 24 heavy (non-hydrogen) atoms. The summed E-state index contributed by atoms with van der Waals surface area (Å²) >= 11 is 11.9. The maximum absolute atomic E-state index is 10.9. The molecule has 0 bridgehead atoms. The first-order valence-electron chi connectivity index (χ1n) is 7.12. The second kappa shape index (κ2) is 8.24. The first-order chi connectivity index (χ1) is 11.4. The van der Waals surface area contributed by atoms with Gasteiger partial charge in [0.25, 0.3) is 0 Å². The maximum atomic E-state index is 10.9. The molecule has 0 aliphatic carbocycles. The van der Waals surface area contributed by atoms with Gasteiger partial charge in [0, 0.05) is 10.6 Å². The van der Waals surface area contributed by atoms with Crippen LogP contribution in [0.1, 0.15) is 11.1 Å². The van der Waals surface area contributed by atoms with E-state index < -0.39 is 12.0 Å². The second-order valence-electron chi connectivity index (χ2n) is 5.16. The molecule has 0 aliphatic rings. The molecule has 3 N–H and O–H groups in total. The van der Waals surface area contributed by atoms with E-state index in [9.17, 15) is 4.79 Å². The van der Waals surface area contributed by atoms with Crippen LogP contribution in [0.4, 0.5) is 0 Å². The second-order valence-corrected chi connectivity index (χ2v) is 6.00. The lowest BCUT2D eigenvalue weighted by atomic mass is 10.0. The molecule has 0 aliphatic heterocycles. The largest absolute Gasteiger partial charge is 0.496 e. The van der Waals surface area contributed by atoms with Gasteiger partial charge < -0.3 is 20.3 Å². The number of methoxy groups -OCH3 is 1. The Morgan fingerprint density at radius 3 is 2.54 bits per heavy atom. The molecule has 0 aromatic heterocycles. The van der Waals surface area contributed by atoms with Crippen molar-refractivity contribution in [3.63, 3.8) is 0 Å². The minimum atomic E-state index is -1.04. The van der Waals surface area contributed by atoms with E-state index in [1.165, 1.54) is 0 Å². The molecule has 2 aromatic rings. The van der Waals surface area contributed by atoms with Crippen LogP contribution in [0.5, 0.6) is 11.5 Å². The number of carboxylic acid groups (broad SMARTS) is 1. The molecule has 128 valence electrons. The van der Waals surface area contributed by atoms with Gasteiger partial charge in [-0.1, -0.05) is 29.3 Å². The first kappa shape index (κ1) is 18.4. The highest BCUT2D eigenvalue weighted by Gasteiger charge is 2.14. The lowest BCUT2D eigenvalue weighted by Gasteiger charge is -2.14. The van der Waals surface area contributed by atoms with Crippen LogP contribution in [0.3, 0.4) is 0 Å². The Kier molecular flexibility index (Phi) is 6.31. The van der Waals surface area contributed by atoms with E-state index in [1.807, 2.05) is 6.07 Å². The summed E-state index contributed by atoms with van der Waals surface area (Å²) < 4.78 is 11.0. The molecular formula is C17H17Cl2NO4. The average molecular weight is 370 g/mol. The van der Waals surface area contributed by atoms with Gasteiger partial charge in [-0.05, 0) is 42.3 Å². The quantitative estimate of drug-likeness (QED) is 0.779. The third kappa shape index (κ3) is 4.77. The molecule has 0 fully saturated rings. The maximum Gasteiger partial charge on any atom is 0.320 e. The molecule has 0 saturated heterocycles. The summed E-state index contributed by atoms with van der Waals surface area (Å²) in [5.74, 6) is 0.0834. The van der Waals surface area contributed by atoms with E-state index >= 15 is 0 Å².